The number of carbonyl (C=O) groups is 1. The average molecular weight is 280 g/mol. The van der Waals surface area contributed by atoms with Gasteiger partial charge >= 0.3 is 0 Å². The van der Waals surface area contributed by atoms with Crippen LogP contribution in [0.5, 0.6) is 0 Å². The van der Waals surface area contributed by atoms with Crippen molar-refractivity contribution in [1.82, 2.24) is 10.2 Å². The van der Waals surface area contributed by atoms with Gasteiger partial charge in [-0.3, -0.25) is 4.79 Å². The highest BCUT2D eigenvalue weighted by molar-refractivity contribution is 7.10. The van der Waals surface area contributed by atoms with Crippen molar-refractivity contribution in [1.29, 1.82) is 0 Å². The van der Waals surface area contributed by atoms with Crippen molar-refractivity contribution < 1.29 is 4.79 Å². The van der Waals surface area contributed by atoms with Gasteiger partial charge in [0.05, 0.1) is 6.04 Å². The summed E-state index contributed by atoms with van der Waals surface area (Å²) in [7, 11) is 0. The number of nitrogens with zero attached hydrogens (tertiary/aromatic N) is 1. The number of amides is 1. The molecule has 0 aliphatic carbocycles. The Bertz CT molecular complexity index is 439. The quantitative estimate of drug-likeness (QED) is 0.919. The summed E-state index contributed by atoms with van der Waals surface area (Å²) in [4.78, 5) is 16.1. The lowest BCUT2D eigenvalue weighted by Gasteiger charge is -2.33. The van der Waals surface area contributed by atoms with Crippen LogP contribution in [0.4, 0.5) is 0 Å². The van der Waals surface area contributed by atoms with Crippen LogP contribution in [0.25, 0.3) is 0 Å². The van der Waals surface area contributed by atoms with Gasteiger partial charge < -0.3 is 10.2 Å². The van der Waals surface area contributed by atoms with E-state index in [1.165, 1.54) is 10.4 Å². The molecule has 2 heterocycles. The second-order valence-corrected chi connectivity index (χ2v) is 6.92. The van der Waals surface area contributed by atoms with Crippen molar-refractivity contribution in [2.24, 2.45) is 5.92 Å². The lowest BCUT2D eigenvalue weighted by molar-refractivity contribution is -0.135. The summed E-state index contributed by atoms with van der Waals surface area (Å²) >= 11 is 1.81. The fourth-order valence-corrected chi connectivity index (χ4v) is 3.43. The lowest BCUT2D eigenvalue weighted by atomic mass is 10.00. The number of rotatable bonds is 4. The molecule has 0 bridgehead atoms. The van der Waals surface area contributed by atoms with Crippen LogP contribution in [0.1, 0.15) is 38.1 Å². The minimum absolute atomic E-state index is 0.0693. The van der Waals surface area contributed by atoms with Crippen LogP contribution in [0, 0.1) is 5.92 Å². The van der Waals surface area contributed by atoms with Gasteiger partial charge in [-0.05, 0) is 29.3 Å². The summed E-state index contributed by atoms with van der Waals surface area (Å²) in [6.45, 7) is 10.0. The molecule has 1 aliphatic heterocycles. The smallest absolute Gasteiger partial charge is 0.240 e. The molecule has 1 amide bonds. The molecule has 0 aromatic carbocycles. The summed E-state index contributed by atoms with van der Waals surface area (Å²) in [6, 6.07) is 2.41. The fraction of sp³-hybridized carbons (Fsp3) is 0.667. The van der Waals surface area contributed by atoms with Crippen LogP contribution in [-0.2, 0) is 17.8 Å². The highest BCUT2D eigenvalue weighted by Crippen LogP contribution is 2.24. The maximum Gasteiger partial charge on any atom is 0.240 e. The second kappa shape index (κ2) is 6.06. The Kier molecular flexibility index (Phi) is 4.63. The zero-order valence-electron chi connectivity index (χ0n) is 12.3. The summed E-state index contributed by atoms with van der Waals surface area (Å²) in [5.74, 6) is 0.569. The van der Waals surface area contributed by atoms with Crippen LogP contribution < -0.4 is 5.32 Å². The molecule has 1 aromatic rings. The Balaban J connectivity index is 2.06. The van der Waals surface area contributed by atoms with Gasteiger partial charge in [0.1, 0.15) is 0 Å². The van der Waals surface area contributed by atoms with E-state index in [4.69, 9.17) is 0 Å². The van der Waals surface area contributed by atoms with E-state index in [-0.39, 0.29) is 11.9 Å². The third-order valence-corrected chi connectivity index (χ3v) is 4.59. The molecule has 0 saturated carbocycles. The molecule has 3 nitrogen and oxygen atoms in total. The van der Waals surface area contributed by atoms with Gasteiger partial charge in [0.2, 0.25) is 5.91 Å². The first-order chi connectivity index (χ1) is 8.99. The van der Waals surface area contributed by atoms with Gasteiger partial charge in [-0.2, -0.15) is 0 Å². The predicted octanol–water partition coefficient (Wildman–Crippen LogP) is 2.66. The summed E-state index contributed by atoms with van der Waals surface area (Å²) in [6.07, 6.45) is 1.01. The standard InChI is InChI=1S/C15H24N2OS/c1-10(2)14(16-11(3)4)15(18)17-7-5-13-12(9-17)6-8-19-13/h6,8,10-11,14,16H,5,7,9H2,1-4H3/t14-/m1/s1. The molecular formula is C15H24N2OS. The molecule has 0 unspecified atom stereocenters. The Morgan fingerprint density at radius 3 is 2.74 bits per heavy atom. The summed E-state index contributed by atoms with van der Waals surface area (Å²) in [5, 5.41) is 5.54. The minimum atomic E-state index is -0.0693. The van der Waals surface area contributed by atoms with Crippen molar-refractivity contribution in [3.8, 4) is 0 Å². The van der Waals surface area contributed by atoms with Crippen LogP contribution in [0.3, 0.4) is 0 Å². The van der Waals surface area contributed by atoms with Gasteiger partial charge in [-0.25, -0.2) is 0 Å². The molecule has 1 atom stereocenters. The molecule has 0 fully saturated rings. The SMILES string of the molecule is CC(C)N[C@@H](C(=O)N1CCc2sccc2C1)C(C)C. The van der Waals surface area contributed by atoms with Crippen molar-refractivity contribution in [3.05, 3.63) is 21.9 Å². The molecule has 2 rings (SSSR count). The highest BCUT2D eigenvalue weighted by Gasteiger charge is 2.29. The number of carbonyl (C=O) groups excluding carboxylic acids is 1. The van der Waals surface area contributed by atoms with E-state index in [9.17, 15) is 4.79 Å². The van der Waals surface area contributed by atoms with E-state index in [0.29, 0.717) is 12.0 Å². The maximum atomic E-state index is 12.7. The van der Waals surface area contributed by atoms with Crippen molar-refractivity contribution in [2.45, 2.75) is 52.7 Å². The van der Waals surface area contributed by atoms with E-state index in [2.05, 4.69) is 44.5 Å². The molecule has 1 aliphatic rings. The lowest BCUT2D eigenvalue weighted by Crippen LogP contribution is -2.52. The largest absolute Gasteiger partial charge is 0.337 e. The first-order valence-electron chi connectivity index (χ1n) is 7.09. The molecule has 0 radical (unpaired) electrons. The molecule has 4 heteroatoms. The van der Waals surface area contributed by atoms with Gasteiger partial charge in [0, 0.05) is 24.0 Å². The molecule has 106 valence electrons. The molecule has 0 saturated heterocycles. The first-order valence-corrected chi connectivity index (χ1v) is 7.97. The first kappa shape index (κ1) is 14.5. The van der Waals surface area contributed by atoms with Crippen LogP contribution >= 0.6 is 11.3 Å². The third kappa shape index (κ3) is 3.37. The van der Waals surface area contributed by atoms with Crippen molar-refractivity contribution >= 4 is 17.2 Å². The van der Waals surface area contributed by atoms with Gasteiger partial charge in [0.15, 0.2) is 0 Å². The minimum Gasteiger partial charge on any atom is -0.337 e. The molecule has 1 N–H and O–H groups in total. The molecule has 19 heavy (non-hydrogen) atoms. The Labute approximate surface area is 120 Å². The Morgan fingerprint density at radius 2 is 2.11 bits per heavy atom. The normalized spacial score (nSPS) is 16.8. The second-order valence-electron chi connectivity index (χ2n) is 5.92. The predicted molar refractivity (Wildman–Crippen MR) is 80.3 cm³/mol. The van der Waals surface area contributed by atoms with E-state index in [1.807, 2.05) is 16.2 Å². The van der Waals surface area contributed by atoms with Crippen molar-refractivity contribution in [2.75, 3.05) is 6.54 Å². The Hall–Kier alpha value is -0.870. The maximum absolute atomic E-state index is 12.7. The average Bonchev–Trinajstić information content (AvgIpc) is 2.81. The van der Waals surface area contributed by atoms with E-state index in [1.54, 1.807) is 0 Å². The van der Waals surface area contributed by atoms with Gasteiger partial charge in [-0.15, -0.1) is 11.3 Å². The fourth-order valence-electron chi connectivity index (χ4n) is 2.54. The third-order valence-electron chi connectivity index (χ3n) is 3.56. The van der Waals surface area contributed by atoms with E-state index < -0.39 is 0 Å². The zero-order chi connectivity index (χ0) is 14.0. The molecule has 0 spiro atoms. The Morgan fingerprint density at radius 1 is 1.37 bits per heavy atom. The zero-order valence-corrected chi connectivity index (χ0v) is 13.1. The van der Waals surface area contributed by atoms with E-state index in [0.717, 1.165) is 19.5 Å². The monoisotopic (exact) mass is 280 g/mol. The van der Waals surface area contributed by atoms with E-state index >= 15 is 0 Å². The van der Waals surface area contributed by atoms with Gasteiger partial charge in [0.25, 0.3) is 0 Å². The number of hydrogen-bond donors (Lipinski definition) is 1. The summed E-state index contributed by atoms with van der Waals surface area (Å²) < 4.78 is 0. The topological polar surface area (TPSA) is 32.3 Å². The highest BCUT2D eigenvalue weighted by atomic mass is 32.1. The van der Waals surface area contributed by atoms with Crippen molar-refractivity contribution in [3.63, 3.8) is 0 Å². The summed E-state index contributed by atoms with van der Waals surface area (Å²) in [5.41, 5.74) is 1.33. The van der Waals surface area contributed by atoms with Crippen LogP contribution in [0.15, 0.2) is 11.4 Å². The number of nitrogens with one attached hydrogen (secondary N) is 1. The molecular weight excluding hydrogens is 256 g/mol. The number of fused-ring (bicyclic) bond motifs is 1. The number of thiophene rings is 1. The molecule has 1 aromatic heterocycles. The van der Waals surface area contributed by atoms with Crippen LogP contribution in [-0.4, -0.2) is 29.4 Å². The number of hydrogen-bond acceptors (Lipinski definition) is 3. The van der Waals surface area contributed by atoms with Crippen LogP contribution in [0.2, 0.25) is 0 Å². The van der Waals surface area contributed by atoms with Gasteiger partial charge in [-0.1, -0.05) is 27.7 Å².